The summed E-state index contributed by atoms with van der Waals surface area (Å²) in [5.41, 5.74) is 3.27. The van der Waals surface area contributed by atoms with Crippen LogP contribution in [0.25, 0.3) is 17.1 Å². The average molecular weight is 481 g/mol. The van der Waals surface area contributed by atoms with E-state index in [2.05, 4.69) is 15.4 Å². The zero-order valence-electron chi connectivity index (χ0n) is 18.9. The van der Waals surface area contributed by atoms with Gasteiger partial charge in [0.1, 0.15) is 11.5 Å². The van der Waals surface area contributed by atoms with E-state index in [9.17, 15) is 4.79 Å². The molecule has 1 heterocycles. The van der Waals surface area contributed by atoms with Gasteiger partial charge in [-0.05, 0) is 67.6 Å². The predicted octanol–water partition coefficient (Wildman–Crippen LogP) is 6.94. The van der Waals surface area contributed by atoms with Crippen LogP contribution in [0, 0.1) is 6.92 Å². The minimum Gasteiger partial charge on any atom is -0.457 e. The van der Waals surface area contributed by atoms with Crippen molar-refractivity contribution in [3.63, 3.8) is 0 Å². The van der Waals surface area contributed by atoms with Crippen molar-refractivity contribution >= 4 is 23.2 Å². The highest BCUT2D eigenvalue weighted by Gasteiger charge is 2.19. The molecule has 0 atom stereocenters. The van der Waals surface area contributed by atoms with Crippen molar-refractivity contribution in [2.75, 3.05) is 5.32 Å². The Morgan fingerprint density at radius 2 is 1.57 bits per heavy atom. The quantitative estimate of drug-likeness (QED) is 0.286. The number of nitrogens with zero attached hydrogens (tertiary/aromatic N) is 3. The molecular formula is C28H21ClN4O2. The van der Waals surface area contributed by atoms with Crippen LogP contribution >= 0.6 is 11.6 Å². The summed E-state index contributed by atoms with van der Waals surface area (Å²) in [4.78, 5) is 17.6. The molecule has 6 nitrogen and oxygen atoms in total. The lowest BCUT2D eigenvalue weighted by molar-refractivity contribution is 0.101. The second kappa shape index (κ2) is 9.83. The molecule has 0 spiro atoms. The van der Waals surface area contributed by atoms with E-state index in [-0.39, 0.29) is 5.82 Å². The van der Waals surface area contributed by atoms with Crippen molar-refractivity contribution in [2.24, 2.45) is 0 Å². The van der Waals surface area contributed by atoms with Crippen LogP contribution in [-0.4, -0.2) is 20.7 Å². The third kappa shape index (κ3) is 5.23. The van der Waals surface area contributed by atoms with Gasteiger partial charge in [-0.1, -0.05) is 59.6 Å². The van der Waals surface area contributed by atoms with E-state index >= 15 is 0 Å². The molecule has 4 aromatic carbocycles. The molecule has 0 saturated heterocycles. The lowest BCUT2D eigenvalue weighted by Crippen LogP contribution is -2.14. The molecule has 0 unspecified atom stereocenters. The number of carbonyl (C=O) groups is 1. The molecule has 7 heteroatoms. The monoisotopic (exact) mass is 480 g/mol. The first kappa shape index (κ1) is 22.4. The summed E-state index contributed by atoms with van der Waals surface area (Å²) in [6, 6.07) is 31.8. The molecule has 5 aromatic rings. The van der Waals surface area contributed by atoms with Gasteiger partial charge in [0.25, 0.3) is 5.91 Å². The molecule has 0 aliphatic carbocycles. The third-order valence-corrected chi connectivity index (χ3v) is 5.50. The molecule has 0 fully saturated rings. The van der Waals surface area contributed by atoms with Gasteiger partial charge in [-0.2, -0.15) is 0 Å². The van der Waals surface area contributed by atoms with Crippen molar-refractivity contribution in [3.8, 4) is 28.6 Å². The van der Waals surface area contributed by atoms with Crippen LogP contribution in [0.3, 0.4) is 0 Å². The van der Waals surface area contributed by atoms with Gasteiger partial charge < -0.3 is 10.1 Å². The number of aromatic nitrogens is 3. The van der Waals surface area contributed by atoms with E-state index in [1.165, 1.54) is 0 Å². The van der Waals surface area contributed by atoms with Crippen LogP contribution in [-0.2, 0) is 0 Å². The molecule has 1 amide bonds. The summed E-state index contributed by atoms with van der Waals surface area (Å²) in [6.07, 6.45) is 0. The van der Waals surface area contributed by atoms with Crippen molar-refractivity contribution < 1.29 is 9.53 Å². The summed E-state index contributed by atoms with van der Waals surface area (Å²) in [7, 11) is 0. The van der Waals surface area contributed by atoms with E-state index in [0.717, 1.165) is 22.6 Å². The first-order chi connectivity index (χ1) is 17.0. The fourth-order valence-electron chi connectivity index (χ4n) is 3.51. The summed E-state index contributed by atoms with van der Waals surface area (Å²) in [5.74, 6) is 1.55. The Hall–Kier alpha value is -4.42. The largest absolute Gasteiger partial charge is 0.457 e. The summed E-state index contributed by atoms with van der Waals surface area (Å²) >= 11 is 6.21. The highest BCUT2D eigenvalue weighted by atomic mass is 35.5. The molecule has 1 aromatic heterocycles. The van der Waals surface area contributed by atoms with Crippen LogP contribution in [0.1, 0.15) is 16.2 Å². The minimum absolute atomic E-state index is 0.0464. The van der Waals surface area contributed by atoms with Crippen LogP contribution in [0.2, 0.25) is 5.02 Å². The minimum atomic E-state index is -0.420. The lowest BCUT2D eigenvalue weighted by Gasteiger charge is -2.07. The topological polar surface area (TPSA) is 69.0 Å². The first-order valence-corrected chi connectivity index (χ1v) is 11.4. The number of para-hydroxylation sites is 1. The summed E-state index contributed by atoms with van der Waals surface area (Å²) < 4.78 is 7.46. The van der Waals surface area contributed by atoms with Crippen molar-refractivity contribution in [1.29, 1.82) is 0 Å². The van der Waals surface area contributed by atoms with E-state index in [1.807, 2.05) is 73.7 Å². The number of benzene rings is 4. The maximum absolute atomic E-state index is 13.0. The number of hydrogen-bond donors (Lipinski definition) is 1. The Balaban J connectivity index is 1.40. The molecular weight excluding hydrogens is 460 g/mol. The van der Waals surface area contributed by atoms with Gasteiger partial charge >= 0.3 is 0 Å². The Morgan fingerprint density at radius 1 is 0.857 bits per heavy atom. The molecule has 0 aliphatic heterocycles. The van der Waals surface area contributed by atoms with Crippen LogP contribution in [0.15, 0.2) is 103 Å². The molecule has 35 heavy (non-hydrogen) atoms. The number of hydrogen-bond acceptors (Lipinski definition) is 4. The number of anilines is 1. The Labute approximate surface area is 207 Å². The first-order valence-electron chi connectivity index (χ1n) is 11.0. The summed E-state index contributed by atoms with van der Waals surface area (Å²) in [6.45, 7) is 2.01. The standard InChI is InChI=1S/C28H21ClN4O2/c1-19-10-14-23(15-11-19)33-27(20-6-5-7-21(29)18-20)31-26(32-33)28(34)30-22-12-16-25(17-13-22)35-24-8-3-2-4-9-24/h2-18H,1H3,(H,30,34). The average Bonchev–Trinajstić information content (AvgIpc) is 3.32. The van der Waals surface area contributed by atoms with Crippen molar-refractivity contribution in [3.05, 3.63) is 120 Å². The zero-order valence-corrected chi connectivity index (χ0v) is 19.6. The molecule has 5 rings (SSSR count). The van der Waals surface area contributed by atoms with Gasteiger partial charge in [0.2, 0.25) is 5.82 Å². The van der Waals surface area contributed by atoms with Crippen molar-refractivity contribution in [2.45, 2.75) is 6.92 Å². The van der Waals surface area contributed by atoms with Crippen LogP contribution < -0.4 is 10.1 Å². The van der Waals surface area contributed by atoms with Crippen molar-refractivity contribution in [1.82, 2.24) is 14.8 Å². The smallest absolute Gasteiger partial charge is 0.295 e. The number of aryl methyl sites for hydroxylation is 1. The fourth-order valence-corrected chi connectivity index (χ4v) is 3.70. The number of ether oxygens (including phenoxy) is 1. The molecule has 0 aliphatic rings. The van der Waals surface area contributed by atoms with Gasteiger partial charge in [0, 0.05) is 16.3 Å². The van der Waals surface area contributed by atoms with Gasteiger partial charge in [0.15, 0.2) is 5.82 Å². The maximum Gasteiger partial charge on any atom is 0.295 e. The van der Waals surface area contributed by atoms with E-state index in [4.69, 9.17) is 16.3 Å². The second-order valence-electron chi connectivity index (χ2n) is 7.91. The number of halogens is 1. The normalized spacial score (nSPS) is 10.7. The fraction of sp³-hybridized carbons (Fsp3) is 0.0357. The van der Waals surface area contributed by atoms with Gasteiger partial charge in [-0.15, -0.1) is 5.10 Å². The van der Waals surface area contributed by atoms with Gasteiger partial charge in [-0.25, -0.2) is 9.67 Å². The number of carbonyl (C=O) groups excluding carboxylic acids is 1. The highest BCUT2D eigenvalue weighted by Crippen LogP contribution is 2.26. The lowest BCUT2D eigenvalue weighted by atomic mass is 10.2. The zero-order chi connectivity index (χ0) is 24.2. The number of amides is 1. The molecule has 0 bridgehead atoms. The Kier molecular flexibility index (Phi) is 6.28. The summed E-state index contributed by atoms with van der Waals surface area (Å²) in [5, 5.41) is 7.94. The van der Waals surface area contributed by atoms with Crippen LogP contribution in [0.5, 0.6) is 11.5 Å². The highest BCUT2D eigenvalue weighted by molar-refractivity contribution is 6.30. The van der Waals surface area contributed by atoms with E-state index in [0.29, 0.717) is 22.3 Å². The number of nitrogens with one attached hydrogen (secondary N) is 1. The Morgan fingerprint density at radius 3 is 2.29 bits per heavy atom. The predicted molar refractivity (Wildman–Crippen MR) is 137 cm³/mol. The van der Waals surface area contributed by atoms with Gasteiger partial charge in [0.05, 0.1) is 5.69 Å². The second-order valence-corrected chi connectivity index (χ2v) is 8.35. The molecule has 1 N–H and O–H groups in total. The molecule has 0 radical (unpaired) electrons. The third-order valence-electron chi connectivity index (χ3n) is 5.26. The Bertz CT molecular complexity index is 1460. The number of rotatable bonds is 6. The molecule has 0 saturated carbocycles. The van der Waals surface area contributed by atoms with Crippen LogP contribution in [0.4, 0.5) is 5.69 Å². The van der Waals surface area contributed by atoms with E-state index in [1.54, 1.807) is 41.1 Å². The molecule has 172 valence electrons. The van der Waals surface area contributed by atoms with E-state index < -0.39 is 5.91 Å². The van der Waals surface area contributed by atoms with Gasteiger partial charge in [-0.3, -0.25) is 4.79 Å². The SMILES string of the molecule is Cc1ccc(-n2nc(C(=O)Nc3ccc(Oc4ccccc4)cc3)nc2-c2cccc(Cl)c2)cc1. The maximum atomic E-state index is 13.0.